The number of amides is 1. The molecule has 4 rings (SSSR count). The van der Waals surface area contributed by atoms with Crippen LogP contribution in [0.4, 0.5) is 24.9 Å². The lowest BCUT2D eigenvalue weighted by Gasteiger charge is -2.08. The Hall–Kier alpha value is -3.95. The summed E-state index contributed by atoms with van der Waals surface area (Å²) in [6, 6.07) is 11.9. The fraction of sp³-hybridized carbons (Fsp3) is 0.143. The van der Waals surface area contributed by atoms with E-state index in [4.69, 9.17) is 5.73 Å². The minimum atomic E-state index is -4.46. The number of aryl methyl sites for hydroxylation is 1. The third-order valence-corrected chi connectivity index (χ3v) is 4.66. The van der Waals surface area contributed by atoms with Gasteiger partial charge >= 0.3 is 6.18 Å². The summed E-state index contributed by atoms with van der Waals surface area (Å²) >= 11 is 0. The van der Waals surface area contributed by atoms with Crippen LogP contribution in [-0.4, -0.2) is 25.7 Å². The first-order valence-corrected chi connectivity index (χ1v) is 9.22. The third-order valence-electron chi connectivity index (χ3n) is 4.66. The quantitative estimate of drug-likeness (QED) is 0.517. The zero-order valence-corrected chi connectivity index (χ0v) is 16.3. The number of anilines is 2. The van der Waals surface area contributed by atoms with E-state index < -0.39 is 17.6 Å². The first-order chi connectivity index (χ1) is 14.7. The number of nitrogens with one attached hydrogen (secondary N) is 1. The number of benzene rings is 2. The third kappa shape index (κ3) is 4.47. The number of halogens is 3. The molecule has 2 aromatic heterocycles. The summed E-state index contributed by atoms with van der Waals surface area (Å²) < 4.78 is 40.1. The van der Waals surface area contributed by atoms with Gasteiger partial charge in [0.05, 0.1) is 23.2 Å². The second-order valence-corrected chi connectivity index (χ2v) is 6.96. The monoisotopic (exact) mass is 426 g/mol. The second kappa shape index (κ2) is 7.71. The maximum Gasteiger partial charge on any atom is 0.416 e. The molecule has 0 spiro atoms. The normalized spacial score (nSPS) is 11.6. The minimum Gasteiger partial charge on any atom is -0.368 e. The van der Waals surface area contributed by atoms with Crippen molar-refractivity contribution in [3.8, 4) is 11.3 Å². The van der Waals surface area contributed by atoms with Crippen molar-refractivity contribution >= 4 is 28.6 Å². The lowest BCUT2D eigenvalue weighted by molar-refractivity contribution is -0.137. The molecule has 4 aromatic rings. The maximum absolute atomic E-state index is 12.9. The van der Waals surface area contributed by atoms with Crippen LogP contribution in [0.5, 0.6) is 0 Å². The summed E-state index contributed by atoms with van der Waals surface area (Å²) in [4.78, 5) is 20.5. The molecule has 0 aliphatic carbocycles. The molecule has 2 heterocycles. The molecule has 1 amide bonds. The summed E-state index contributed by atoms with van der Waals surface area (Å²) in [5.41, 5.74) is 7.33. The van der Waals surface area contributed by atoms with Crippen LogP contribution in [0.1, 0.15) is 11.1 Å². The Kier molecular flexibility index (Phi) is 5.05. The van der Waals surface area contributed by atoms with Crippen LogP contribution < -0.4 is 11.1 Å². The van der Waals surface area contributed by atoms with Crippen LogP contribution in [0.25, 0.3) is 22.2 Å². The zero-order valence-electron chi connectivity index (χ0n) is 16.3. The number of hydrogen-bond donors (Lipinski definition) is 2. The Morgan fingerprint density at radius 2 is 1.97 bits per heavy atom. The van der Waals surface area contributed by atoms with Gasteiger partial charge < -0.3 is 11.1 Å². The molecular weight excluding hydrogens is 409 g/mol. The smallest absolute Gasteiger partial charge is 0.368 e. The van der Waals surface area contributed by atoms with Crippen molar-refractivity contribution < 1.29 is 18.0 Å². The van der Waals surface area contributed by atoms with E-state index in [1.165, 1.54) is 12.1 Å². The topological polar surface area (TPSA) is 98.7 Å². The molecule has 10 heteroatoms. The number of nitrogens with two attached hydrogens (primary N) is 1. The Balaban J connectivity index is 1.52. The van der Waals surface area contributed by atoms with Gasteiger partial charge in [0.25, 0.3) is 0 Å². The lowest BCUT2D eigenvalue weighted by Crippen LogP contribution is -2.15. The number of nitrogens with zero attached hydrogens (tertiary/aromatic N) is 4. The predicted octanol–water partition coefficient (Wildman–Crippen LogP) is 3.81. The molecule has 0 aliphatic rings. The van der Waals surface area contributed by atoms with Crippen LogP contribution in [-0.2, 0) is 24.4 Å². The highest BCUT2D eigenvalue weighted by Crippen LogP contribution is 2.30. The molecular formula is C21H17F3N6O. The van der Waals surface area contributed by atoms with Gasteiger partial charge in [0.15, 0.2) is 5.82 Å². The minimum absolute atomic E-state index is 0.187. The number of aromatic nitrogens is 4. The number of carbonyl (C=O) groups excluding carboxylic acids is 1. The standard InChI is InChI=1S/C21H17F3N6O/c1-30-17(13-5-6-16-14(9-13)11-26-20(25)27-16)10-18(29-30)28-19(31)8-12-3-2-4-15(7-12)21(22,23)24/h2-7,9-11H,8H2,1H3,(H2,25,26,27)(H,28,29,31). The van der Waals surface area contributed by atoms with E-state index in [1.807, 2.05) is 18.2 Å². The molecule has 0 unspecified atom stereocenters. The van der Waals surface area contributed by atoms with E-state index in [0.29, 0.717) is 11.3 Å². The van der Waals surface area contributed by atoms with E-state index in [2.05, 4.69) is 20.4 Å². The summed E-state index contributed by atoms with van der Waals surface area (Å²) in [5.74, 6) is 0.0149. The molecule has 0 fully saturated rings. The second-order valence-electron chi connectivity index (χ2n) is 6.96. The molecule has 0 bridgehead atoms. The molecule has 0 radical (unpaired) electrons. The van der Waals surface area contributed by atoms with Crippen LogP contribution in [0.15, 0.2) is 54.7 Å². The van der Waals surface area contributed by atoms with Gasteiger partial charge in [-0.3, -0.25) is 9.48 Å². The van der Waals surface area contributed by atoms with Crippen molar-refractivity contribution in [2.75, 3.05) is 11.1 Å². The van der Waals surface area contributed by atoms with Gasteiger partial charge in [-0.2, -0.15) is 18.3 Å². The van der Waals surface area contributed by atoms with Gasteiger partial charge in [-0.25, -0.2) is 9.97 Å². The maximum atomic E-state index is 12.9. The van der Waals surface area contributed by atoms with Crippen molar-refractivity contribution in [3.63, 3.8) is 0 Å². The van der Waals surface area contributed by atoms with Crippen LogP contribution >= 0.6 is 0 Å². The summed E-state index contributed by atoms with van der Waals surface area (Å²) in [7, 11) is 1.72. The van der Waals surface area contributed by atoms with Crippen LogP contribution in [0.2, 0.25) is 0 Å². The molecule has 0 saturated carbocycles. The van der Waals surface area contributed by atoms with E-state index in [0.717, 1.165) is 28.8 Å². The molecule has 0 aliphatic heterocycles. The van der Waals surface area contributed by atoms with Gasteiger partial charge in [0.2, 0.25) is 11.9 Å². The number of rotatable bonds is 4. The Morgan fingerprint density at radius 1 is 1.16 bits per heavy atom. The lowest BCUT2D eigenvalue weighted by atomic mass is 10.1. The number of carbonyl (C=O) groups is 1. The Labute approximate surface area is 174 Å². The number of fused-ring (bicyclic) bond motifs is 1. The molecule has 3 N–H and O–H groups in total. The van der Waals surface area contributed by atoms with Crippen LogP contribution in [0.3, 0.4) is 0 Å². The number of alkyl halides is 3. The summed E-state index contributed by atoms with van der Waals surface area (Å²) in [5, 5.41) is 7.70. The van der Waals surface area contributed by atoms with Gasteiger partial charge in [0, 0.05) is 30.3 Å². The van der Waals surface area contributed by atoms with Gasteiger partial charge in [-0.05, 0) is 23.8 Å². The predicted molar refractivity (Wildman–Crippen MR) is 110 cm³/mol. The van der Waals surface area contributed by atoms with E-state index >= 15 is 0 Å². The van der Waals surface area contributed by atoms with Crippen molar-refractivity contribution in [2.45, 2.75) is 12.6 Å². The van der Waals surface area contributed by atoms with Crippen molar-refractivity contribution in [1.82, 2.24) is 19.7 Å². The largest absolute Gasteiger partial charge is 0.416 e. The zero-order chi connectivity index (χ0) is 22.2. The highest BCUT2D eigenvalue weighted by atomic mass is 19.4. The molecule has 2 aromatic carbocycles. The van der Waals surface area contributed by atoms with E-state index in [-0.39, 0.29) is 17.9 Å². The fourth-order valence-electron chi connectivity index (χ4n) is 3.24. The first-order valence-electron chi connectivity index (χ1n) is 9.22. The summed E-state index contributed by atoms with van der Waals surface area (Å²) in [6.07, 6.45) is -3.04. The average Bonchev–Trinajstić information content (AvgIpc) is 3.07. The number of nitrogen functional groups attached to an aromatic ring is 1. The molecule has 31 heavy (non-hydrogen) atoms. The molecule has 0 saturated heterocycles. The summed E-state index contributed by atoms with van der Waals surface area (Å²) in [6.45, 7) is 0. The van der Waals surface area contributed by atoms with Crippen LogP contribution in [0, 0.1) is 0 Å². The number of hydrogen-bond acceptors (Lipinski definition) is 5. The SMILES string of the molecule is Cn1nc(NC(=O)Cc2cccc(C(F)(F)F)c2)cc1-c1ccc2nc(N)ncc2c1. The van der Waals surface area contributed by atoms with Gasteiger partial charge in [-0.1, -0.05) is 24.3 Å². The average molecular weight is 426 g/mol. The Morgan fingerprint density at radius 3 is 2.74 bits per heavy atom. The first kappa shape index (κ1) is 20.3. The highest BCUT2D eigenvalue weighted by molar-refractivity contribution is 5.92. The Bertz CT molecular complexity index is 1280. The van der Waals surface area contributed by atoms with Crippen molar-refractivity contribution in [2.24, 2.45) is 7.05 Å². The van der Waals surface area contributed by atoms with Gasteiger partial charge in [0.1, 0.15) is 0 Å². The van der Waals surface area contributed by atoms with Crippen molar-refractivity contribution in [1.29, 1.82) is 0 Å². The van der Waals surface area contributed by atoms with E-state index in [9.17, 15) is 18.0 Å². The van der Waals surface area contributed by atoms with E-state index in [1.54, 1.807) is 24.0 Å². The van der Waals surface area contributed by atoms with Crippen molar-refractivity contribution in [3.05, 3.63) is 65.9 Å². The molecule has 0 atom stereocenters. The fourth-order valence-corrected chi connectivity index (χ4v) is 3.24. The molecule has 158 valence electrons. The van der Waals surface area contributed by atoms with Gasteiger partial charge in [-0.15, -0.1) is 0 Å². The molecule has 7 nitrogen and oxygen atoms in total. The highest BCUT2D eigenvalue weighted by Gasteiger charge is 2.30.